The van der Waals surface area contributed by atoms with E-state index in [2.05, 4.69) is 44.6 Å². The van der Waals surface area contributed by atoms with Gasteiger partial charge < -0.3 is 25.4 Å². The molecule has 1 saturated heterocycles. The summed E-state index contributed by atoms with van der Waals surface area (Å²) in [5.41, 5.74) is 3.52. The highest BCUT2D eigenvalue weighted by atomic mass is 19.4. The summed E-state index contributed by atoms with van der Waals surface area (Å²) < 4.78 is 39.5. The van der Waals surface area contributed by atoms with Crippen molar-refractivity contribution in [3.05, 3.63) is 95.7 Å². The molecule has 0 aliphatic carbocycles. The van der Waals surface area contributed by atoms with Gasteiger partial charge in [-0.25, -0.2) is 9.97 Å². The van der Waals surface area contributed by atoms with Crippen molar-refractivity contribution in [3.63, 3.8) is 0 Å². The molecule has 0 atom stereocenters. The highest BCUT2D eigenvalue weighted by Gasteiger charge is 2.31. The molecule has 3 heterocycles. The number of H-pyrrole nitrogens is 1. The molecular weight excluding hydrogens is 555 g/mol. The van der Waals surface area contributed by atoms with Crippen LogP contribution in [0.25, 0.3) is 22.4 Å². The predicted octanol–water partition coefficient (Wildman–Crippen LogP) is 6.70. The number of carbonyl (C=O) groups is 1. The zero-order chi connectivity index (χ0) is 30.1. The first kappa shape index (κ1) is 28.2. The first-order valence-corrected chi connectivity index (χ1v) is 13.9. The standard InChI is InChI=1S/C32H30F3N7O/c1-20-25(7-4-8-27(20)38-31(43)21-5-3-6-22(19-21)32(33,34)35)29-39-28-26(13-14-36-28)30(40-29)37-23-9-11-24(12-10-23)42-17-15-41(2)16-18-42/h3-14,19H,15-18H2,1-2H3,(H,38,43)(H2,36,37,39,40). The van der Waals surface area contributed by atoms with E-state index in [0.29, 0.717) is 34.1 Å². The Morgan fingerprint density at radius 1 is 0.930 bits per heavy atom. The Labute approximate surface area is 246 Å². The molecule has 6 rings (SSSR count). The minimum absolute atomic E-state index is 0.0891. The predicted molar refractivity (Wildman–Crippen MR) is 163 cm³/mol. The van der Waals surface area contributed by atoms with E-state index in [0.717, 1.165) is 49.4 Å². The molecule has 11 heteroatoms. The second-order valence-electron chi connectivity index (χ2n) is 10.6. The molecule has 5 aromatic rings. The number of piperazine rings is 1. The second kappa shape index (κ2) is 11.4. The number of hydrogen-bond donors (Lipinski definition) is 3. The lowest BCUT2D eigenvalue weighted by Crippen LogP contribution is -2.44. The number of amides is 1. The normalized spacial score (nSPS) is 14.2. The number of halogens is 3. The zero-order valence-corrected chi connectivity index (χ0v) is 23.7. The number of aromatic amines is 1. The second-order valence-corrected chi connectivity index (χ2v) is 10.6. The number of alkyl halides is 3. The average Bonchev–Trinajstić information content (AvgIpc) is 3.48. The molecule has 220 valence electrons. The van der Waals surface area contributed by atoms with E-state index in [1.807, 2.05) is 31.2 Å². The minimum Gasteiger partial charge on any atom is -0.369 e. The van der Waals surface area contributed by atoms with Crippen LogP contribution in [0.4, 0.5) is 36.1 Å². The van der Waals surface area contributed by atoms with Gasteiger partial charge in [-0.05, 0) is 74.1 Å². The average molecular weight is 586 g/mol. The first-order chi connectivity index (χ1) is 20.7. The van der Waals surface area contributed by atoms with Crippen molar-refractivity contribution < 1.29 is 18.0 Å². The molecule has 0 saturated carbocycles. The van der Waals surface area contributed by atoms with E-state index in [1.165, 1.54) is 17.8 Å². The van der Waals surface area contributed by atoms with Crippen molar-refractivity contribution in [1.82, 2.24) is 19.9 Å². The molecule has 8 nitrogen and oxygen atoms in total. The molecule has 0 radical (unpaired) electrons. The minimum atomic E-state index is -4.54. The van der Waals surface area contributed by atoms with Crippen molar-refractivity contribution >= 4 is 39.8 Å². The number of carbonyl (C=O) groups excluding carboxylic acids is 1. The lowest BCUT2D eigenvalue weighted by molar-refractivity contribution is -0.137. The summed E-state index contributed by atoms with van der Waals surface area (Å²) >= 11 is 0. The molecule has 2 aromatic heterocycles. The van der Waals surface area contributed by atoms with Gasteiger partial charge in [-0.15, -0.1) is 0 Å². The molecule has 0 bridgehead atoms. The summed E-state index contributed by atoms with van der Waals surface area (Å²) in [4.78, 5) is 30.3. The van der Waals surface area contributed by atoms with Crippen molar-refractivity contribution in [3.8, 4) is 11.4 Å². The third-order valence-corrected chi connectivity index (χ3v) is 7.69. The van der Waals surface area contributed by atoms with Gasteiger partial charge in [0.05, 0.1) is 10.9 Å². The molecule has 3 N–H and O–H groups in total. The molecule has 3 aromatic carbocycles. The van der Waals surface area contributed by atoms with Crippen LogP contribution in [0.15, 0.2) is 79.0 Å². The van der Waals surface area contributed by atoms with E-state index in [1.54, 1.807) is 18.3 Å². The van der Waals surface area contributed by atoms with E-state index in [9.17, 15) is 18.0 Å². The summed E-state index contributed by atoms with van der Waals surface area (Å²) in [5, 5.41) is 6.99. The fraction of sp³-hybridized carbons (Fsp3) is 0.219. The van der Waals surface area contributed by atoms with Gasteiger partial charge in [-0.2, -0.15) is 13.2 Å². The number of likely N-dealkylation sites (N-methyl/N-ethyl adjacent to an activating group) is 1. The van der Waals surface area contributed by atoms with Crippen LogP contribution < -0.4 is 15.5 Å². The SMILES string of the molecule is Cc1c(NC(=O)c2cccc(C(F)(F)F)c2)cccc1-c1nc(Nc2ccc(N3CCN(C)CC3)cc2)c2cc[nH]c2n1. The molecule has 0 unspecified atom stereocenters. The number of rotatable bonds is 6. The number of anilines is 4. The Kier molecular flexibility index (Phi) is 7.49. The summed E-state index contributed by atoms with van der Waals surface area (Å²) in [5.74, 6) is 0.403. The van der Waals surface area contributed by atoms with Crippen LogP contribution in [0.3, 0.4) is 0 Å². The van der Waals surface area contributed by atoms with Crippen LogP contribution in [-0.4, -0.2) is 59.0 Å². The van der Waals surface area contributed by atoms with Crippen LogP contribution in [-0.2, 0) is 6.18 Å². The van der Waals surface area contributed by atoms with E-state index >= 15 is 0 Å². The Morgan fingerprint density at radius 2 is 1.67 bits per heavy atom. The van der Waals surface area contributed by atoms with Gasteiger partial charge in [0.2, 0.25) is 0 Å². The van der Waals surface area contributed by atoms with E-state index < -0.39 is 17.6 Å². The smallest absolute Gasteiger partial charge is 0.369 e. The highest BCUT2D eigenvalue weighted by Crippen LogP contribution is 2.33. The topological polar surface area (TPSA) is 89.2 Å². The van der Waals surface area contributed by atoms with Crippen molar-refractivity contribution in [1.29, 1.82) is 0 Å². The maximum atomic E-state index is 13.2. The van der Waals surface area contributed by atoms with Gasteiger partial charge in [0.15, 0.2) is 5.82 Å². The maximum absolute atomic E-state index is 13.2. The van der Waals surface area contributed by atoms with Crippen LogP contribution >= 0.6 is 0 Å². The van der Waals surface area contributed by atoms with Crippen molar-refractivity contribution in [2.45, 2.75) is 13.1 Å². The quantitative estimate of drug-likeness (QED) is 0.206. The van der Waals surface area contributed by atoms with E-state index in [-0.39, 0.29) is 5.56 Å². The molecule has 1 aliphatic heterocycles. The molecular formula is C32H30F3N7O. The lowest BCUT2D eigenvalue weighted by Gasteiger charge is -2.34. The molecule has 1 aliphatic rings. The van der Waals surface area contributed by atoms with Gasteiger partial charge in [-0.3, -0.25) is 4.79 Å². The monoisotopic (exact) mass is 585 g/mol. The molecule has 0 spiro atoms. The summed E-state index contributed by atoms with van der Waals surface area (Å²) in [6.45, 7) is 5.85. The van der Waals surface area contributed by atoms with Crippen LogP contribution in [0.2, 0.25) is 0 Å². The molecule has 1 fully saturated rings. The van der Waals surface area contributed by atoms with Gasteiger partial charge in [0, 0.05) is 60.6 Å². The van der Waals surface area contributed by atoms with Gasteiger partial charge in [-0.1, -0.05) is 18.2 Å². The Hall–Kier alpha value is -4.90. The van der Waals surface area contributed by atoms with Gasteiger partial charge in [0.25, 0.3) is 5.91 Å². The van der Waals surface area contributed by atoms with Crippen LogP contribution in [0.1, 0.15) is 21.5 Å². The highest BCUT2D eigenvalue weighted by molar-refractivity contribution is 6.05. The summed E-state index contributed by atoms with van der Waals surface area (Å²) in [6.07, 6.45) is -2.75. The largest absolute Gasteiger partial charge is 0.416 e. The number of nitrogens with one attached hydrogen (secondary N) is 3. The number of nitrogens with zero attached hydrogens (tertiary/aromatic N) is 4. The number of hydrogen-bond acceptors (Lipinski definition) is 6. The third kappa shape index (κ3) is 6.02. The summed E-state index contributed by atoms with van der Waals surface area (Å²) in [7, 11) is 2.14. The molecule has 1 amide bonds. The fourth-order valence-corrected chi connectivity index (χ4v) is 5.16. The maximum Gasteiger partial charge on any atom is 0.416 e. The Balaban J connectivity index is 1.26. The van der Waals surface area contributed by atoms with Crippen molar-refractivity contribution in [2.75, 3.05) is 48.8 Å². The lowest BCUT2D eigenvalue weighted by atomic mass is 10.0. The zero-order valence-electron chi connectivity index (χ0n) is 23.7. The van der Waals surface area contributed by atoms with Gasteiger partial charge in [0.1, 0.15) is 11.5 Å². The Bertz CT molecular complexity index is 1770. The van der Waals surface area contributed by atoms with E-state index in [4.69, 9.17) is 9.97 Å². The first-order valence-electron chi connectivity index (χ1n) is 13.9. The van der Waals surface area contributed by atoms with Crippen LogP contribution in [0, 0.1) is 6.92 Å². The van der Waals surface area contributed by atoms with Gasteiger partial charge >= 0.3 is 6.18 Å². The Morgan fingerprint density at radius 3 is 2.42 bits per heavy atom. The number of aromatic nitrogens is 3. The number of benzene rings is 3. The molecule has 43 heavy (non-hydrogen) atoms. The third-order valence-electron chi connectivity index (χ3n) is 7.69. The van der Waals surface area contributed by atoms with Crippen LogP contribution in [0.5, 0.6) is 0 Å². The fourth-order valence-electron chi connectivity index (χ4n) is 5.16. The van der Waals surface area contributed by atoms with Crippen molar-refractivity contribution in [2.24, 2.45) is 0 Å². The number of fused-ring (bicyclic) bond motifs is 1. The summed E-state index contributed by atoms with van der Waals surface area (Å²) in [6, 6.07) is 19.8.